The molecule has 0 aliphatic rings. The lowest BCUT2D eigenvalue weighted by Crippen LogP contribution is -2.12. The molecule has 6 heterocycles. The Hall–Kier alpha value is -17.8. The van der Waals surface area contributed by atoms with E-state index in [-0.39, 0.29) is 0 Å². The highest BCUT2D eigenvalue weighted by Gasteiger charge is 2.29. The number of furan rings is 3. The molecule has 0 saturated carbocycles. The fourth-order valence-corrected chi connectivity index (χ4v) is 19.2. The zero-order valence-corrected chi connectivity index (χ0v) is 71.6. The smallest absolute Gasteiger partial charge is 0.181 e. The van der Waals surface area contributed by atoms with Gasteiger partial charge < -0.3 is 23.1 Å². The Morgan fingerprint density at radius 3 is 1.05 bits per heavy atom. The van der Waals surface area contributed by atoms with Crippen molar-refractivity contribution in [3.8, 4) is 122 Å². The lowest BCUT2D eigenvalue weighted by molar-refractivity contribution is 0.667. The quantitative estimate of drug-likeness (QED) is 0.0740. The van der Waals surface area contributed by atoms with Crippen molar-refractivity contribution < 1.29 is 13.3 Å². The standard InChI is InChI=1S/C123H80N6O3/c1-5-26-81(27-6-1)84-48-60-94(61-49-84)127(113-73-75-125-119-110-45-22-24-47-116(110)130-121(113)119)95-66-56-90(57-67-95)103-39-17-18-41-105(103)106-42-19-20-43-107(106)112-79-126-123(122-118(112)109-44-21-23-46-115(109)131-122)129(98-64-52-86(53-65-98)83-30-9-3-10-31-83)99-70-58-89(59-71-99)102-38-15-16-40-104(102)92-35-25-34-91(76-92)93-77-111-108-72-74-124-80-117(108)132-120(111)114(78-93)128(96-62-50-85(51-63-96)82-28-7-2-8-29-82)97-68-54-88(55-69-97)101-37-14-13-36-100(101)87-32-11-4-12-33-87/h1-80H. The van der Waals surface area contributed by atoms with Crippen LogP contribution in [0.15, 0.2) is 499 Å². The molecule has 132 heavy (non-hydrogen) atoms. The minimum absolute atomic E-state index is 0.651. The second-order valence-electron chi connectivity index (χ2n) is 33.3. The van der Waals surface area contributed by atoms with Gasteiger partial charge in [0.1, 0.15) is 16.7 Å². The monoisotopic (exact) mass is 1690 g/mol. The van der Waals surface area contributed by atoms with Gasteiger partial charge in [-0.3, -0.25) is 14.9 Å². The molecule has 0 aliphatic heterocycles. The van der Waals surface area contributed by atoms with Gasteiger partial charge in [0.05, 0.1) is 17.6 Å². The third kappa shape index (κ3) is 14.2. The number of benzene rings is 18. The molecule has 24 aromatic rings. The van der Waals surface area contributed by atoms with E-state index in [0.29, 0.717) is 22.6 Å². The SMILES string of the molecule is c1ccc(-c2ccc(N(c3ccc(-c4ccccc4-c4ccccc4)cc3)c3cc(-c4cccc(-c5ccccc5-c5ccc(N(c6ccc(-c7ccccc7)cc6)c6ncc(-c7ccccc7-c7ccccc7-c7ccc(N(c8ccc(-c9ccccc9)cc8)c8ccnc9c8oc8ccccc89)cc7)c7c6oc6ccccc67)cc5)c4)cc4c3oc3cnccc34)cc2)cc1. The van der Waals surface area contributed by atoms with Crippen LogP contribution < -0.4 is 14.7 Å². The van der Waals surface area contributed by atoms with E-state index in [2.05, 4.69) is 457 Å². The van der Waals surface area contributed by atoms with Crippen LogP contribution in [0.2, 0.25) is 0 Å². The molecule has 0 atom stereocenters. The number of pyridine rings is 3. The number of rotatable bonds is 20. The molecule has 0 bridgehead atoms. The maximum absolute atomic E-state index is 7.28. The summed E-state index contributed by atoms with van der Waals surface area (Å²) < 4.78 is 21.0. The van der Waals surface area contributed by atoms with Crippen molar-refractivity contribution >= 4 is 117 Å². The van der Waals surface area contributed by atoms with E-state index < -0.39 is 0 Å². The summed E-state index contributed by atoms with van der Waals surface area (Å²) in [6, 6.07) is 164. The molecule has 18 aromatic carbocycles. The molecule has 9 heteroatoms. The van der Waals surface area contributed by atoms with Crippen LogP contribution in [0, 0.1) is 0 Å². The molecular weight excluding hydrogens is 1610 g/mol. The third-order valence-corrected chi connectivity index (χ3v) is 25.6. The van der Waals surface area contributed by atoms with Crippen LogP contribution in [0.1, 0.15) is 0 Å². The Morgan fingerprint density at radius 1 is 0.182 bits per heavy atom. The lowest BCUT2D eigenvalue weighted by atomic mass is 9.88. The molecule has 0 spiro atoms. The predicted molar refractivity (Wildman–Crippen MR) is 546 cm³/mol. The first kappa shape index (κ1) is 77.8. The summed E-state index contributed by atoms with van der Waals surface area (Å²) in [6.45, 7) is 0. The first-order chi connectivity index (χ1) is 65.5. The van der Waals surface area contributed by atoms with E-state index >= 15 is 0 Å². The number of aromatic nitrogens is 3. The van der Waals surface area contributed by atoms with Crippen LogP contribution in [0.5, 0.6) is 0 Å². The van der Waals surface area contributed by atoms with Crippen LogP contribution in [-0.4, -0.2) is 15.0 Å². The Kier molecular flexibility index (Phi) is 19.7. The zero-order valence-electron chi connectivity index (χ0n) is 71.6. The molecule has 0 radical (unpaired) electrons. The van der Waals surface area contributed by atoms with Crippen LogP contribution in [0.4, 0.5) is 51.3 Å². The largest absolute Gasteiger partial charge is 0.452 e. The van der Waals surface area contributed by atoms with Crippen molar-refractivity contribution in [2.45, 2.75) is 0 Å². The summed E-state index contributed by atoms with van der Waals surface area (Å²) in [5.41, 5.74) is 36.7. The average Bonchev–Trinajstić information content (AvgIpc) is 1.49. The van der Waals surface area contributed by atoms with Crippen molar-refractivity contribution in [2.24, 2.45) is 0 Å². The van der Waals surface area contributed by atoms with Crippen molar-refractivity contribution in [2.75, 3.05) is 14.7 Å². The van der Waals surface area contributed by atoms with Gasteiger partial charge in [0.15, 0.2) is 28.1 Å². The number of nitrogens with zero attached hydrogens (tertiary/aromatic N) is 6. The number of anilines is 9. The second-order valence-corrected chi connectivity index (χ2v) is 33.3. The minimum Gasteiger partial charge on any atom is -0.452 e. The van der Waals surface area contributed by atoms with E-state index in [9.17, 15) is 0 Å². The molecule has 0 unspecified atom stereocenters. The molecule has 6 aromatic heterocycles. The molecule has 24 rings (SSSR count). The van der Waals surface area contributed by atoms with E-state index in [1.807, 2.05) is 48.9 Å². The van der Waals surface area contributed by atoms with Crippen LogP contribution in [-0.2, 0) is 0 Å². The average molecular weight is 1690 g/mol. The van der Waals surface area contributed by atoms with Crippen LogP contribution in [0.3, 0.4) is 0 Å². The normalized spacial score (nSPS) is 11.5. The van der Waals surface area contributed by atoms with E-state index in [1.54, 1.807) is 0 Å². The molecular formula is C123H80N6O3. The van der Waals surface area contributed by atoms with Crippen LogP contribution in [0.25, 0.3) is 188 Å². The van der Waals surface area contributed by atoms with Gasteiger partial charge in [-0.2, -0.15) is 0 Å². The van der Waals surface area contributed by atoms with Crippen molar-refractivity contribution in [1.82, 2.24) is 15.0 Å². The van der Waals surface area contributed by atoms with Crippen LogP contribution >= 0.6 is 0 Å². The molecule has 0 N–H and O–H groups in total. The molecule has 0 amide bonds. The van der Waals surface area contributed by atoms with Gasteiger partial charge in [-0.15, -0.1) is 0 Å². The molecule has 0 saturated heterocycles. The Bertz CT molecular complexity index is 8410. The van der Waals surface area contributed by atoms with Crippen molar-refractivity contribution in [3.63, 3.8) is 0 Å². The fourth-order valence-electron chi connectivity index (χ4n) is 19.2. The van der Waals surface area contributed by atoms with Gasteiger partial charge in [-0.25, -0.2) is 4.98 Å². The summed E-state index contributed by atoms with van der Waals surface area (Å²) in [4.78, 5) is 22.0. The summed E-state index contributed by atoms with van der Waals surface area (Å²) in [5, 5.41) is 4.88. The van der Waals surface area contributed by atoms with E-state index in [4.69, 9.17) is 23.2 Å². The number of para-hydroxylation sites is 2. The number of hydrogen-bond acceptors (Lipinski definition) is 9. The molecule has 9 nitrogen and oxygen atoms in total. The topological polar surface area (TPSA) is 87.8 Å². The first-order valence-corrected chi connectivity index (χ1v) is 44.5. The molecule has 0 fully saturated rings. The number of hydrogen-bond donors (Lipinski definition) is 0. The highest BCUT2D eigenvalue weighted by molar-refractivity contribution is 6.18. The third-order valence-electron chi connectivity index (χ3n) is 25.6. The maximum Gasteiger partial charge on any atom is 0.181 e. The Balaban J connectivity index is 0.591. The summed E-state index contributed by atoms with van der Waals surface area (Å²) in [5.74, 6) is 0.651. The van der Waals surface area contributed by atoms with Gasteiger partial charge in [-0.1, -0.05) is 340 Å². The van der Waals surface area contributed by atoms with Gasteiger partial charge >= 0.3 is 0 Å². The van der Waals surface area contributed by atoms with Crippen molar-refractivity contribution in [3.05, 3.63) is 486 Å². The van der Waals surface area contributed by atoms with E-state index in [1.165, 1.54) is 11.1 Å². The fraction of sp³-hybridized carbons (Fsp3) is 0. The van der Waals surface area contributed by atoms with Gasteiger partial charge in [0.25, 0.3) is 0 Å². The summed E-state index contributed by atoms with van der Waals surface area (Å²) in [6.07, 6.45) is 7.61. The minimum atomic E-state index is 0.651. The highest BCUT2D eigenvalue weighted by Crippen LogP contribution is 2.52. The Labute approximate surface area is 763 Å². The Morgan fingerprint density at radius 2 is 0.538 bits per heavy atom. The lowest BCUT2D eigenvalue weighted by Gasteiger charge is -2.27. The zero-order chi connectivity index (χ0) is 87.4. The number of fused-ring (bicyclic) bond motifs is 9. The first-order valence-electron chi connectivity index (χ1n) is 44.5. The maximum atomic E-state index is 7.28. The van der Waals surface area contributed by atoms with Gasteiger partial charge in [0, 0.05) is 85.2 Å². The van der Waals surface area contributed by atoms with E-state index in [0.717, 1.165) is 206 Å². The predicted octanol–water partition coefficient (Wildman–Crippen LogP) is 34.3. The van der Waals surface area contributed by atoms with Crippen molar-refractivity contribution in [1.29, 1.82) is 0 Å². The van der Waals surface area contributed by atoms with Gasteiger partial charge in [-0.05, 0) is 238 Å². The second kappa shape index (κ2) is 33.5. The van der Waals surface area contributed by atoms with Gasteiger partial charge in [0.2, 0.25) is 0 Å². The summed E-state index contributed by atoms with van der Waals surface area (Å²) in [7, 11) is 0. The molecule has 620 valence electrons. The molecule has 0 aliphatic carbocycles. The summed E-state index contributed by atoms with van der Waals surface area (Å²) >= 11 is 0. The highest BCUT2D eigenvalue weighted by atomic mass is 16.3.